The van der Waals surface area contributed by atoms with E-state index in [-0.39, 0.29) is 36.5 Å². The molecular weight excluding hydrogens is 369 g/mol. The number of methoxy groups -OCH3 is 1. The Kier molecular flexibility index (Phi) is 8.56. The van der Waals surface area contributed by atoms with E-state index in [1.165, 1.54) is 0 Å². The van der Waals surface area contributed by atoms with Crippen molar-refractivity contribution in [3.63, 3.8) is 0 Å². The van der Waals surface area contributed by atoms with Gasteiger partial charge in [-0.3, -0.25) is 4.99 Å². The zero-order valence-electron chi connectivity index (χ0n) is 12.2. The molecule has 0 fully saturated rings. The van der Waals surface area contributed by atoms with Gasteiger partial charge in [-0.15, -0.1) is 24.0 Å². The normalized spacial score (nSPS) is 11.7. The van der Waals surface area contributed by atoms with E-state index in [1.54, 1.807) is 7.11 Å². The van der Waals surface area contributed by atoms with Gasteiger partial charge in [0.2, 0.25) is 0 Å². The fraction of sp³-hybridized carbons (Fsp3) is 0.500. The molecule has 0 aliphatic rings. The van der Waals surface area contributed by atoms with Gasteiger partial charge in [0.15, 0.2) is 5.96 Å². The van der Waals surface area contributed by atoms with E-state index in [9.17, 15) is 5.11 Å². The van der Waals surface area contributed by atoms with Crippen molar-refractivity contribution in [1.82, 2.24) is 0 Å². The largest absolute Gasteiger partial charge is 0.495 e. The first kappa shape index (κ1) is 19.0. The lowest BCUT2D eigenvalue weighted by Gasteiger charge is -2.22. The fourth-order valence-corrected chi connectivity index (χ4v) is 1.63. The van der Waals surface area contributed by atoms with Crippen molar-refractivity contribution in [3.05, 3.63) is 24.3 Å². The summed E-state index contributed by atoms with van der Waals surface area (Å²) in [7, 11) is 1.60. The van der Waals surface area contributed by atoms with Crippen molar-refractivity contribution in [1.29, 1.82) is 0 Å². The molecule has 1 aromatic rings. The van der Waals surface area contributed by atoms with Gasteiger partial charge in [0.25, 0.3) is 0 Å². The van der Waals surface area contributed by atoms with E-state index in [4.69, 9.17) is 10.5 Å². The van der Waals surface area contributed by atoms with Crippen LogP contribution < -0.4 is 15.8 Å². The van der Waals surface area contributed by atoms with Crippen LogP contribution in [-0.2, 0) is 0 Å². The Morgan fingerprint density at radius 1 is 1.35 bits per heavy atom. The first-order valence-electron chi connectivity index (χ1n) is 6.47. The maximum Gasteiger partial charge on any atom is 0.193 e. The van der Waals surface area contributed by atoms with Gasteiger partial charge >= 0.3 is 0 Å². The summed E-state index contributed by atoms with van der Waals surface area (Å²) < 4.78 is 5.21. The smallest absolute Gasteiger partial charge is 0.193 e. The summed E-state index contributed by atoms with van der Waals surface area (Å²) in [4.78, 5) is 4.19. The number of nitrogens with zero attached hydrogens (tertiary/aromatic N) is 1. The second kappa shape index (κ2) is 9.02. The predicted molar refractivity (Wildman–Crippen MR) is 94.1 cm³/mol. The lowest BCUT2D eigenvalue weighted by Crippen LogP contribution is -2.33. The molecule has 1 aromatic carbocycles. The van der Waals surface area contributed by atoms with Crippen LogP contribution in [0.4, 0.5) is 5.69 Å². The summed E-state index contributed by atoms with van der Waals surface area (Å²) in [5.41, 5.74) is 5.79. The highest BCUT2D eigenvalue weighted by Gasteiger charge is 2.21. The summed E-state index contributed by atoms with van der Waals surface area (Å²) >= 11 is 0. The summed E-state index contributed by atoms with van der Waals surface area (Å²) in [6.07, 6.45) is 1.30. The van der Waals surface area contributed by atoms with Crippen molar-refractivity contribution >= 4 is 35.6 Å². The number of ether oxygens (including phenoxy) is 1. The Bertz CT molecular complexity index is 434. The summed E-state index contributed by atoms with van der Waals surface area (Å²) in [6.45, 7) is 4.15. The van der Waals surface area contributed by atoms with Gasteiger partial charge in [-0.1, -0.05) is 26.0 Å². The minimum atomic E-state index is -0.785. The van der Waals surface area contributed by atoms with Crippen LogP contribution in [0.1, 0.15) is 26.7 Å². The molecular formula is C14H24IN3O2. The number of guanidine groups is 1. The number of anilines is 1. The Morgan fingerprint density at radius 3 is 2.50 bits per heavy atom. The summed E-state index contributed by atoms with van der Waals surface area (Å²) in [5, 5.41) is 13.1. The number of nitrogens with one attached hydrogen (secondary N) is 1. The first-order valence-corrected chi connectivity index (χ1v) is 6.47. The quantitative estimate of drug-likeness (QED) is 0.394. The third kappa shape index (κ3) is 5.54. The van der Waals surface area contributed by atoms with E-state index in [0.29, 0.717) is 18.6 Å². The van der Waals surface area contributed by atoms with Gasteiger partial charge in [-0.25, -0.2) is 0 Å². The number of nitrogens with two attached hydrogens (primary N) is 1. The highest BCUT2D eigenvalue weighted by molar-refractivity contribution is 14.0. The lowest BCUT2D eigenvalue weighted by atomic mass is 9.98. The molecule has 1 rings (SSSR count). The van der Waals surface area contributed by atoms with Gasteiger partial charge in [0.05, 0.1) is 24.9 Å². The number of hydrogen-bond donors (Lipinski definition) is 3. The van der Waals surface area contributed by atoms with E-state index in [0.717, 1.165) is 5.69 Å². The minimum absolute atomic E-state index is 0. The molecule has 0 heterocycles. The molecule has 114 valence electrons. The number of aliphatic hydroxyl groups is 1. The SMILES string of the molecule is CCC(O)(CC)CN=C(N)Nc1ccccc1OC.I. The highest BCUT2D eigenvalue weighted by Crippen LogP contribution is 2.22. The Balaban J connectivity index is 0.00000361. The Hall–Kier alpha value is -1.02. The van der Waals surface area contributed by atoms with Crippen molar-refractivity contribution in [3.8, 4) is 5.75 Å². The van der Waals surface area contributed by atoms with E-state index < -0.39 is 5.60 Å². The Morgan fingerprint density at radius 2 is 1.95 bits per heavy atom. The van der Waals surface area contributed by atoms with Crippen LogP contribution in [0.5, 0.6) is 5.75 Å². The molecule has 6 heteroatoms. The number of benzene rings is 1. The second-order valence-corrected chi connectivity index (χ2v) is 4.46. The summed E-state index contributed by atoms with van der Waals surface area (Å²) in [5.74, 6) is 0.965. The maximum absolute atomic E-state index is 10.1. The monoisotopic (exact) mass is 393 g/mol. The van der Waals surface area contributed by atoms with Gasteiger partial charge in [0, 0.05) is 0 Å². The van der Waals surface area contributed by atoms with Gasteiger partial charge in [0.1, 0.15) is 5.75 Å². The molecule has 0 unspecified atom stereocenters. The Labute approximate surface area is 137 Å². The zero-order chi connectivity index (χ0) is 14.3. The third-order valence-corrected chi connectivity index (χ3v) is 3.23. The molecule has 0 saturated carbocycles. The van der Waals surface area contributed by atoms with Crippen molar-refractivity contribution in [2.75, 3.05) is 19.0 Å². The summed E-state index contributed by atoms with van der Waals surface area (Å²) in [6, 6.07) is 7.45. The molecule has 0 amide bonds. The van der Waals surface area contributed by atoms with Crippen LogP contribution >= 0.6 is 24.0 Å². The van der Waals surface area contributed by atoms with Crippen LogP contribution in [0, 0.1) is 0 Å². The average Bonchev–Trinajstić information content (AvgIpc) is 2.45. The van der Waals surface area contributed by atoms with Crippen LogP contribution in [0.15, 0.2) is 29.3 Å². The second-order valence-electron chi connectivity index (χ2n) is 4.46. The average molecular weight is 393 g/mol. The van der Waals surface area contributed by atoms with Crippen molar-refractivity contribution in [2.24, 2.45) is 10.7 Å². The van der Waals surface area contributed by atoms with E-state index in [1.807, 2.05) is 38.1 Å². The van der Waals surface area contributed by atoms with Gasteiger partial charge in [-0.05, 0) is 25.0 Å². The molecule has 20 heavy (non-hydrogen) atoms. The standard InChI is InChI=1S/C14H23N3O2.HI/c1-4-14(18,5-2)10-16-13(15)17-11-8-6-7-9-12(11)19-3;/h6-9,18H,4-5,10H2,1-3H3,(H3,15,16,17);1H. The molecule has 4 N–H and O–H groups in total. The number of halogens is 1. The molecule has 0 aromatic heterocycles. The molecule has 0 aliphatic carbocycles. The molecule has 0 spiro atoms. The molecule has 0 atom stereocenters. The third-order valence-electron chi connectivity index (χ3n) is 3.23. The van der Waals surface area contributed by atoms with Crippen LogP contribution in [-0.4, -0.2) is 30.3 Å². The molecule has 0 radical (unpaired) electrons. The zero-order valence-corrected chi connectivity index (χ0v) is 14.5. The maximum atomic E-state index is 10.1. The predicted octanol–water partition coefficient (Wildman–Crippen LogP) is 2.59. The number of aliphatic imine (C=N–C) groups is 1. The number of para-hydroxylation sites is 2. The number of rotatable bonds is 6. The lowest BCUT2D eigenvalue weighted by molar-refractivity contribution is 0.0419. The first-order chi connectivity index (χ1) is 9.04. The number of hydrogen-bond acceptors (Lipinski definition) is 3. The molecule has 5 nitrogen and oxygen atoms in total. The van der Waals surface area contributed by atoms with Crippen molar-refractivity contribution in [2.45, 2.75) is 32.3 Å². The van der Waals surface area contributed by atoms with Gasteiger partial charge < -0.3 is 20.9 Å². The molecule has 0 aliphatic heterocycles. The minimum Gasteiger partial charge on any atom is -0.495 e. The molecule has 0 saturated heterocycles. The topological polar surface area (TPSA) is 79.9 Å². The fourth-order valence-electron chi connectivity index (χ4n) is 1.63. The van der Waals surface area contributed by atoms with Crippen molar-refractivity contribution < 1.29 is 9.84 Å². The van der Waals surface area contributed by atoms with Crippen LogP contribution in [0.25, 0.3) is 0 Å². The highest BCUT2D eigenvalue weighted by atomic mass is 127. The molecule has 0 bridgehead atoms. The van der Waals surface area contributed by atoms with Crippen LogP contribution in [0.3, 0.4) is 0 Å². The van der Waals surface area contributed by atoms with E-state index >= 15 is 0 Å². The van der Waals surface area contributed by atoms with Crippen LogP contribution in [0.2, 0.25) is 0 Å². The van der Waals surface area contributed by atoms with Gasteiger partial charge in [-0.2, -0.15) is 0 Å². The van der Waals surface area contributed by atoms with E-state index in [2.05, 4.69) is 10.3 Å².